The molecule has 1 aromatic carbocycles. The molecular formula is C22H26N4O2S. The van der Waals surface area contributed by atoms with Crippen LogP contribution in [0.15, 0.2) is 18.2 Å². The molecule has 0 saturated heterocycles. The molecule has 0 aliphatic rings. The van der Waals surface area contributed by atoms with Crippen molar-refractivity contribution in [2.75, 3.05) is 19.7 Å². The molecule has 0 atom stereocenters. The zero-order valence-corrected chi connectivity index (χ0v) is 18.4. The molecule has 0 fully saturated rings. The molecule has 6 nitrogen and oxygen atoms in total. The average Bonchev–Trinajstić information content (AvgIpc) is 3.01. The van der Waals surface area contributed by atoms with Gasteiger partial charge in [0.25, 0.3) is 0 Å². The molecule has 29 heavy (non-hydrogen) atoms. The van der Waals surface area contributed by atoms with Crippen LogP contribution in [0.1, 0.15) is 42.6 Å². The first kappa shape index (κ1) is 21.0. The average molecular weight is 411 g/mol. The van der Waals surface area contributed by atoms with Crippen molar-refractivity contribution >= 4 is 21.6 Å². The Kier molecular flexibility index (Phi) is 6.68. The number of aromatic nitrogens is 2. The monoisotopic (exact) mass is 410 g/mol. The lowest BCUT2D eigenvalue weighted by molar-refractivity contribution is 0.286. The van der Waals surface area contributed by atoms with Crippen LogP contribution >= 0.6 is 11.3 Å². The zero-order valence-electron chi connectivity index (χ0n) is 17.6. The van der Waals surface area contributed by atoms with Gasteiger partial charge in [-0.3, -0.25) is 4.90 Å². The van der Waals surface area contributed by atoms with E-state index in [0.29, 0.717) is 36.1 Å². The summed E-state index contributed by atoms with van der Waals surface area (Å²) in [7, 11) is 0. The van der Waals surface area contributed by atoms with Crippen molar-refractivity contribution in [3.05, 3.63) is 40.0 Å². The third kappa shape index (κ3) is 4.50. The van der Waals surface area contributed by atoms with Crippen LogP contribution in [-0.2, 0) is 6.54 Å². The number of hydrogen-bond donors (Lipinski definition) is 0. The first-order valence-electron chi connectivity index (χ1n) is 9.84. The molecule has 0 aliphatic carbocycles. The molecule has 3 rings (SSSR count). The number of hydrogen-bond acceptors (Lipinski definition) is 7. The summed E-state index contributed by atoms with van der Waals surface area (Å²) in [6.07, 6.45) is 0. The van der Waals surface area contributed by atoms with E-state index in [0.717, 1.165) is 34.7 Å². The standard InChI is InChI=1S/C22H26N4O2S/c1-6-26(7-2)13-19-24-21(20-14(4)15(5)29-22(20)25-19)28-17-10-9-16(12-23)11-18(17)27-8-3/h9-11H,6-8,13H2,1-5H3. The quantitative estimate of drug-likeness (QED) is 0.507. The van der Waals surface area contributed by atoms with Crippen LogP contribution < -0.4 is 9.47 Å². The Labute approximate surface area is 175 Å². The highest BCUT2D eigenvalue weighted by Crippen LogP contribution is 2.39. The summed E-state index contributed by atoms with van der Waals surface area (Å²) in [5.41, 5.74) is 1.65. The van der Waals surface area contributed by atoms with E-state index in [1.807, 2.05) is 6.92 Å². The van der Waals surface area contributed by atoms with E-state index >= 15 is 0 Å². The summed E-state index contributed by atoms with van der Waals surface area (Å²) in [5.74, 6) is 2.35. The fourth-order valence-electron chi connectivity index (χ4n) is 3.08. The van der Waals surface area contributed by atoms with Crippen molar-refractivity contribution < 1.29 is 9.47 Å². The van der Waals surface area contributed by atoms with Crippen LogP contribution in [0, 0.1) is 25.2 Å². The Hall–Kier alpha value is -2.69. The molecule has 2 heterocycles. The van der Waals surface area contributed by atoms with Gasteiger partial charge in [0, 0.05) is 10.9 Å². The first-order valence-corrected chi connectivity index (χ1v) is 10.7. The first-order chi connectivity index (χ1) is 14.0. The molecule has 0 bridgehead atoms. The predicted octanol–water partition coefficient (Wildman–Crippen LogP) is 5.21. The van der Waals surface area contributed by atoms with Gasteiger partial charge in [0.1, 0.15) is 10.7 Å². The maximum atomic E-state index is 9.19. The number of fused-ring (bicyclic) bond motifs is 1. The third-order valence-corrected chi connectivity index (χ3v) is 5.98. The second kappa shape index (κ2) is 9.21. The molecular weight excluding hydrogens is 384 g/mol. The topological polar surface area (TPSA) is 71.3 Å². The summed E-state index contributed by atoms with van der Waals surface area (Å²) in [6.45, 7) is 13.3. The van der Waals surface area contributed by atoms with Crippen molar-refractivity contribution in [2.45, 2.75) is 41.2 Å². The number of thiophene rings is 1. The third-order valence-electron chi connectivity index (χ3n) is 4.88. The highest BCUT2D eigenvalue weighted by Gasteiger charge is 2.19. The molecule has 0 N–H and O–H groups in total. The van der Waals surface area contributed by atoms with E-state index in [1.54, 1.807) is 29.5 Å². The van der Waals surface area contributed by atoms with E-state index in [-0.39, 0.29) is 0 Å². The zero-order chi connectivity index (χ0) is 21.0. The van der Waals surface area contributed by atoms with Crippen LogP contribution in [0.4, 0.5) is 0 Å². The maximum Gasteiger partial charge on any atom is 0.231 e. The largest absolute Gasteiger partial charge is 0.490 e. The summed E-state index contributed by atoms with van der Waals surface area (Å²) in [6, 6.07) is 7.31. The van der Waals surface area contributed by atoms with Crippen molar-refractivity contribution in [2.24, 2.45) is 0 Å². The van der Waals surface area contributed by atoms with Gasteiger partial charge in [-0.15, -0.1) is 11.3 Å². The fraction of sp³-hybridized carbons (Fsp3) is 0.409. The number of nitrogens with zero attached hydrogens (tertiary/aromatic N) is 4. The van der Waals surface area contributed by atoms with E-state index in [9.17, 15) is 5.26 Å². The molecule has 0 aliphatic heterocycles. The molecule has 0 unspecified atom stereocenters. The van der Waals surface area contributed by atoms with Crippen LogP contribution in [0.25, 0.3) is 10.2 Å². The Morgan fingerprint density at radius 1 is 1.10 bits per heavy atom. The van der Waals surface area contributed by atoms with E-state index in [2.05, 4.69) is 38.7 Å². The lowest BCUT2D eigenvalue weighted by atomic mass is 10.2. The molecule has 0 radical (unpaired) electrons. The van der Waals surface area contributed by atoms with Gasteiger partial charge < -0.3 is 9.47 Å². The Balaban J connectivity index is 2.09. The van der Waals surface area contributed by atoms with Gasteiger partial charge >= 0.3 is 0 Å². The lowest BCUT2D eigenvalue weighted by Gasteiger charge is -2.18. The molecule has 0 saturated carbocycles. The minimum absolute atomic E-state index is 0.480. The Morgan fingerprint density at radius 3 is 2.52 bits per heavy atom. The normalized spacial score (nSPS) is 11.1. The number of nitriles is 1. The Morgan fingerprint density at radius 2 is 1.86 bits per heavy atom. The van der Waals surface area contributed by atoms with Crippen molar-refractivity contribution in [3.63, 3.8) is 0 Å². The second-order valence-corrected chi connectivity index (χ2v) is 7.88. The van der Waals surface area contributed by atoms with Crippen molar-refractivity contribution in [1.29, 1.82) is 5.26 Å². The highest BCUT2D eigenvalue weighted by molar-refractivity contribution is 7.18. The predicted molar refractivity (Wildman–Crippen MR) is 116 cm³/mol. The maximum absolute atomic E-state index is 9.19. The molecule has 0 spiro atoms. The van der Waals surface area contributed by atoms with Crippen molar-refractivity contribution in [3.8, 4) is 23.4 Å². The highest BCUT2D eigenvalue weighted by atomic mass is 32.1. The molecule has 0 amide bonds. The van der Waals surface area contributed by atoms with Crippen LogP contribution in [0.3, 0.4) is 0 Å². The van der Waals surface area contributed by atoms with Crippen LogP contribution in [0.2, 0.25) is 0 Å². The van der Waals surface area contributed by atoms with E-state index in [4.69, 9.17) is 19.4 Å². The number of aryl methyl sites for hydroxylation is 2. The minimum Gasteiger partial charge on any atom is -0.490 e. The van der Waals surface area contributed by atoms with E-state index < -0.39 is 0 Å². The summed E-state index contributed by atoms with van der Waals surface area (Å²) in [4.78, 5) is 14.0. The van der Waals surface area contributed by atoms with Gasteiger partial charge in [-0.25, -0.2) is 4.98 Å². The second-order valence-electron chi connectivity index (χ2n) is 6.68. The van der Waals surface area contributed by atoms with Gasteiger partial charge in [0.2, 0.25) is 5.88 Å². The summed E-state index contributed by atoms with van der Waals surface area (Å²) < 4.78 is 12.0. The van der Waals surface area contributed by atoms with Gasteiger partial charge in [0.05, 0.1) is 30.2 Å². The summed E-state index contributed by atoms with van der Waals surface area (Å²) in [5, 5.41) is 10.1. The van der Waals surface area contributed by atoms with Gasteiger partial charge in [-0.2, -0.15) is 10.2 Å². The van der Waals surface area contributed by atoms with Crippen molar-refractivity contribution in [1.82, 2.24) is 14.9 Å². The molecule has 152 valence electrons. The number of ether oxygens (including phenoxy) is 2. The van der Waals surface area contributed by atoms with Gasteiger partial charge in [0.15, 0.2) is 11.5 Å². The number of rotatable bonds is 8. The van der Waals surface area contributed by atoms with Crippen LogP contribution in [0.5, 0.6) is 17.4 Å². The lowest BCUT2D eigenvalue weighted by Crippen LogP contribution is -2.23. The van der Waals surface area contributed by atoms with Gasteiger partial charge in [-0.1, -0.05) is 13.8 Å². The van der Waals surface area contributed by atoms with E-state index in [1.165, 1.54) is 4.88 Å². The SMILES string of the molecule is CCOc1cc(C#N)ccc1Oc1nc(CN(CC)CC)nc2sc(C)c(C)c12. The summed E-state index contributed by atoms with van der Waals surface area (Å²) >= 11 is 1.66. The molecule has 2 aromatic heterocycles. The molecule has 3 aromatic rings. The van der Waals surface area contributed by atoms with Crippen LogP contribution in [-0.4, -0.2) is 34.6 Å². The number of benzene rings is 1. The smallest absolute Gasteiger partial charge is 0.231 e. The molecule has 7 heteroatoms. The minimum atomic E-state index is 0.480. The fourth-order valence-corrected chi connectivity index (χ4v) is 4.12. The Bertz CT molecular complexity index is 1050. The van der Waals surface area contributed by atoms with Gasteiger partial charge in [-0.05, 0) is 51.6 Å².